The number of hydrogen-bond donors (Lipinski definition) is 3. The molecule has 2 heterocycles. The highest BCUT2D eigenvalue weighted by atomic mass is 16.5. The zero-order valence-corrected chi connectivity index (χ0v) is 14.2. The highest BCUT2D eigenvalue weighted by Crippen LogP contribution is 2.31. The summed E-state index contributed by atoms with van der Waals surface area (Å²) in [6.45, 7) is 4.72. The maximum atomic E-state index is 12.3. The molecule has 0 aliphatic carbocycles. The molecule has 0 spiro atoms. The summed E-state index contributed by atoms with van der Waals surface area (Å²) in [5.41, 5.74) is 1.34. The standard InChI is InChI=1S/C18H23N3O3/c1-11(2)19-9-12(22)10-24-15-6-4-5-14-16(15)13-7-8-21(3)18(23)17(13)20-14/h4-8,11-12,19-20,22H,9-10H2,1-3H3. The molecule has 0 aliphatic rings. The van der Waals surface area contributed by atoms with Crippen LogP contribution in [0.4, 0.5) is 0 Å². The average molecular weight is 329 g/mol. The van der Waals surface area contributed by atoms with E-state index in [2.05, 4.69) is 10.3 Å². The molecule has 0 fully saturated rings. The Balaban J connectivity index is 1.91. The third-order valence-corrected chi connectivity index (χ3v) is 4.02. The van der Waals surface area contributed by atoms with Gasteiger partial charge in [0.05, 0.1) is 5.52 Å². The molecular formula is C18H23N3O3. The summed E-state index contributed by atoms with van der Waals surface area (Å²) in [7, 11) is 1.72. The van der Waals surface area contributed by atoms with Gasteiger partial charge in [-0.2, -0.15) is 0 Å². The molecule has 1 unspecified atom stereocenters. The fraction of sp³-hybridized carbons (Fsp3) is 0.389. The summed E-state index contributed by atoms with van der Waals surface area (Å²) in [4.78, 5) is 15.4. The highest BCUT2D eigenvalue weighted by molar-refractivity contribution is 6.10. The van der Waals surface area contributed by atoms with Gasteiger partial charge in [-0.25, -0.2) is 0 Å². The summed E-state index contributed by atoms with van der Waals surface area (Å²) in [6.07, 6.45) is 1.15. The van der Waals surface area contributed by atoms with Crippen molar-refractivity contribution in [2.75, 3.05) is 13.2 Å². The molecule has 1 atom stereocenters. The lowest BCUT2D eigenvalue weighted by Crippen LogP contribution is -2.35. The van der Waals surface area contributed by atoms with E-state index in [-0.39, 0.29) is 12.2 Å². The first-order valence-electron chi connectivity index (χ1n) is 8.11. The van der Waals surface area contributed by atoms with Gasteiger partial charge < -0.3 is 24.7 Å². The molecule has 3 rings (SSSR count). The molecule has 0 bridgehead atoms. The third-order valence-electron chi connectivity index (χ3n) is 4.02. The molecule has 6 heteroatoms. The molecule has 2 aromatic heterocycles. The van der Waals surface area contributed by atoms with Gasteiger partial charge in [0.1, 0.15) is 24.0 Å². The minimum absolute atomic E-state index is 0.0733. The maximum Gasteiger partial charge on any atom is 0.274 e. The number of rotatable bonds is 6. The summed E-state index contributed by atoms with van der Waals surface area (Å²) < 4.78 is 7.37. The van der Waals surface area contributed by atoms with Gasteiger partial charge in [-0.05, 0) is 18.2 Å². The first kappa shape index (κ1) is 16.5. The van der Waals surface area contributed by atoms with Crippen molar-refractivity contribution < 1.29 is 9.84 Å². The molecule has 128 valence electrons. The summed E-state index contributed by atoms with van der Waals surface area (Å²) in [5.74, 6) is 0.663. The Bertz CT molecular complexity index is 911. The summed E-state index contributed by atoms with van der Waals surface area (Å²) in [5, 5.41) is 14.9. The number of nitrogens with one attached hydrogen (secondary N) is 2. The Morgan fingerprint density at radius 2 is 2.12 bits per heavy atom. The quantitative estimate of drug-likeness (QED) is 0.644. The van der Waals surface area contributed by atoms with Crippen molar-refractivity contribution in [1.82, 2.24) is 14.9 Å². The molecule has 0 saturated heterocycles. The Kier molecular flexibility index (Phi) is 4.59. The van der Waals surface area contributed by atoms with Crippen molar-refractivity contribution in [3.8, 4) is 5.75 Å². The van der Waals surface area contributed by atoms with Crippen molar-refractivity contribution in [2.45, 2.75) is 26.0 Å². The zero-order chi connectivity index (χ0) is 17.3. The number of fused-ring (bicyclic) bond motifs is 3. The molecular weight excluding hydrogens is 306 g/mol. The topological polar surface area (TPSA) is 79.3 Å². The first-order chi connectivity index (χ1) is 11.5. The molecule has 6 nitrogen and oxygen atoms in total. The first-order valence-corrected chi connectivity index (χ1v) is 8.11. The van der Waals surface area contributed by atoms with Crippen LogP contribution in [0.3, 0.4) is 0 Å². The normalized spacial score (nSPS) is 13.0. The number of aliphatic hydroxyl groups is 1. The third kappa shape index (κ3) is 3.16. The minimum atomic E-state index is -0.597. The number of aliphatic hydroxyl groups excluding tert-OH is 1. The van der Waals surface area contributed by atoms with Crippen LogP contribution < -0.4 is 15.6 Å². The molecule has 0 radical (unpaired) electrons. The van der Waals surface area contributed by atoms with Gasteiger partial charge >= 0.3 is 0 Å². The van der Waals surface area contributed by atoms with Crippen molar-refractivity contribution >= 4 is 21.8 Å². The SMILES string of the molecule is CC(C)NCC(O)COc1cccc2[nH]c3c(=O)n(C)ccc3c12. The van der Waals surface area contributed by atoms with E-state index in [0.717, 1.165) is 16.3 Å². The van der Waals surface area contributed by atoms with E-state index in [1.54, 1.807) is 17.8 Å². The molecule has 3 N–H and O–H groups in total. The minimum Gasteiger partial charge on any atom is -0.490 e. The Labute approximate surface area is 140 Å². The van der Waals surface area contributed by atoms with Crippen molar-refractivity contribution in [3.63, 3.8) is 0 Å². The number of aryl methyl sites for hydroxylation is 1. The van der Waals surface area contributed by atoms with Crippen LogP contribution in [0.25, 0.3) is 21.8 Å². The van der Waals surface area contributed by atoms with E-state index in [9.17, 15) is 9.90 Å². The Morgan fingerprint density at radius 3 is 2.88 bits per heavy atom. The average Bonchev–Trinajstić information content (AvgIpc) is 2.94. The van der Waals surface area contributed by atoms with Gasteiger partial charge in [0, 0.05) is 36.6 Å². The number of aromatic amines is 1. The molecule has 24 heavy (non-hydrogen) atoms. The second-order valence-electron chi connectivity index (χ2n) is 6.35. The number of nitrogens with zero attached hydrogens (tertiary/aromatic N) is 1. The zero-order valence-electron chi connectivity index (χ0n) is 14.2. The second kappa shape index (κ2) is 6.67. The van der Waals surface area contributed by atoms with E-state index in [4.69, 9.17) is 4.74 Å². The molecule has 1 aromatic carbocycles. The molecule has 0 amide bonds. The predicted octanol–water partition coefficient (Wildman–Crippen LogP) is 1.76. The Hall–Kier alpha value is -2.31. The number of hydrogen-bond acceptors (Lipinski definition) is 4. The number of aromatic nitrogens is 2. The van der Waals surface area contributed by atoms with Crippen LogP contribution in [0, 0.1) is 0 Å². The van der Waals surface area contributed by atoms with Crippen molar-refractivity contribution in [1.29, 1.82) is 0 Å². The number of H-pyrrole nitrogens is 1. The van der Waals surface area contributed by atoms with Crippen LogP contribution >= 0.6 is 0 Å². The van der Waals surface area contributed by atoms with Crippen LogP contribution in [0.1, 0.15) is 13.8 Å². The predicted molar refractivity (Wildman–Crippen MR) is 95.7 cm³/mol. The summed E-state index contributed by atoms with van der Waals surface area (Å²) >= 11 is 0. The maximum absolute atomic E-state index is 12.3. The molecule has 0 aliphatic heterocycles. The van der Waals surface area contributed by atoms with Crippen LogP contribution in [0.15, 0.2) is 35.3 Å². The fourth-order valence-electron chi connectivity index (χ4n) is 2.74. The summed E-state index contributed by atoms with van der Waals surface area (Å²) in [6, 6.07) is 7.86. The number of pyridine rings is 1. The van der Waals surface area contributed by atoms with E-state index in [1.807, 2.05) is 38.1 Å². The molecule has 0 saturated carbocycles. The van der Waals surface area contributed by atoms with Crippen molar-refractivity contribution in [3.05, 3.63) is 40.8 Å². The van der Waals surface area contributed by atoms with E-state index >= 15 is 0 Å². The van der Waals surface area contributed by atoms with Gasteiger partial charge in [0.2, 0.25) is 0 Å². The van der Waals surface area contributed by atoms with E-state index in [1.165, 1.54) is 0 Å². The lowest BCUT2D eigenvalue weighted by atomic mass is 10.1. The van der Waals surface area contributed by atoms with E-state index < -0.39 is 6.10 Å². The lowest BCUT2D eigenvalue weighted by molar-refractivity contribution is 0.105. The largest absolute Gasteiger partial charge is 0.490 e. The van der Waals surface area contributed by atoms with Crippen LogP contribution in [0.5, 0.6) is 5.75 Å². The second-order valence-corrected chi connectivity index (χ2v) is 6.35. The van der Waals surface area contributed by atoms with E-state index in [0.29, 0.717) is 23.9 Å². The fourth-order valence-corrected chi connectivity index (χ4v) is 2.74. The van der Waals surface area contributed by atoms with Crippen LogP contribution in [0.2, 0.25) is 0 Å². The lowest BCUT2D eigenvalue weighted by Gasteiger charge is -2.15. The van der Waals surface area contributed by atoms with Gasteiger partial charge in [0.25, 0.3) is 5.56 Å². The van der Waals surface area contributed by atoms with Gasteiger partial charge in [0.15, 0.2) is 0 Å². The highest BCUT2D eigenvalue weighted by Gasteiger charge is 2.14. The van der Waals surface area contributed by atoms with Crippen LogP contribution in [-0.4, -0.2) is 40.0 Å². The number of ether oxygens (including phenoxy) is 1. The monoisotopic (exact) mass is 329 g/mol. The van der Waals surface area contributed by atoms with Gasteiger partial charge in [-0.3, -0.25) is 4.79 Å². The van der Waals surface area contributed by atoms with Crippen LogP contribution in [-0.2, 0) is 7.05 Å². The van der Waals surface area contributed by atoms with Gasteiger partial charge in [-0.1, -0.05) is 19.9 Å². The van der Waals surface area contributed by atoms with Gasteiger partial charge in [-0.15, -0.1) is 0 Å². The Morgan fingerprint density at radius 1 is 1.33 bits per heavy atom. The number of benzene rings is 1. The molecule has 3 aromatic rings. The van der Waals surface area contributed by atoms with Crippen molar-refractivity contribution in [2.24, 2.45) is 7.05 Å². The smallest absolute Gasteiger partial charge is 0.274 e.